The third-order valence-electron chi connectivity index (χ3n) is 5.52. The minimum Gasteiger partial charge on any atom is -0.312 e. The summed E-state index contributed by atoms with van der Waals surface area (Å²) in [5.41, 5.74) is 7.85. The van der Waals surface area contributed by atoms with Crippen LogP contribution in [-0.4, -0.2) is 31.3 Å². The van der Waals surface area contributed by atoms with E-state index in [9.17, 15) is 0 Å². The van der Waals surface area contributed by atoms with Crippen molar-refractivity contribution < 1.29 is 0 Å². The van der Waals surface area contributed by atoms with Crippen molar-refractivity contribution in [3.8, 4) is 22.5 Å². The van der Waals surface area contributed by atoms with Gasteiger partial charge in [-0.1, -0.05) is 18.2 Å². The molecule has 0 spiro atoms. The summed E-state index contributed by atoms with van der Waals surface area (Å²) < 4.78 is 1.94. The van der Waals surface area contributed by atoms with Crippen molar-refractivity contribution in [2.75, 3.05) is 6.54 Å². The van der Waals surface area contributed by atoms with Crippen molar-refractivity contribution in [3.05, 3.63) is 83.7 Å². The fourth-order valence-electron chi connectivity index (χ4n) is 3.95. The zero-order valence-electron chi connectivity index (χ0n) is 17.0. The number of benzene rings is 1. The number of aromatic nitrogens is 5. The number of nitrogens with zero attached hydrogens (tertiary/aromatic N) is 5. The third-order valence-corrected chi connectivity index (χ3v) is 5.52. The van der Waals surface area contributed by atoms with Gasteiger partial charge in [-0.2, -0.15) is 5.10 Å². The van der Waals surface area contributed by atoms with Crippen LogP contribution in [0.2, 0.25) is 0 Å². The molecule has 4 aromatic rings. The Hall–Kier alpha value is -3.38. The number of hydrogen-bond donors (Lipinski definition) is 1. The van der Waals surface area contributed by atoms with Gasteiger partial charge in [-0.25, -0.2) is 9.97 Å². The first-order chi connectivity index (χ1) is 14.8. The van der Waals surface area contributed by atoms with Gasteiger partial charge in [0.1, 0.15) is 11.5 Å². The van der Waals surface area contributed by atoms with Crippen molar-refractivity contribution in [2.24, 2.45) is 0 Å². The van der Waals surface area contributed by atoms with Crippen molar-refractivity contribution in [1.82, 2.24) is 30.0 Å². The predicted octanol–water partition coefficient (Wildman–Crippen LogP) is 3.66. The lowest BCUT2D eigenvalue weighted by molar-refractivity contribution is 0.643. The molecule has 6 nitrogen and oxygen atoms in total. The molecule has 4 heterocycles. The zero-order chi connectivity index (χ0) is 20.3. The van der Waals surface area contributed by atoms with Gasteiger partial charge in [0, 0.05) is 55.4 Å². The maximum absolute atomic E-state index is 4.88. The fourth-order valence-corrected chi connectivity index (χ4v) is 3.95. The first kappa shape index (κ1) is 18.6. The average molecular weight is 396 g/mol. The summed E-state index contributed by atoms with van der Waals surface area (Å²) in [6.07, 6.45) is 9.32. The van der Waals surface area contributed by atoms with Crippen LogP contribution in [0.25, 0.3) is 22.5 Å². The second-order valence-electron chi connectivity index (χ2n) is 7.55. The van der Waals surface area contributed by atoms with E-state index in [4.69, 9.17) is 10.1 Å². The Labute approximate surface area is 176 Å². The smallest absolute Gasteiger partial charge is 0.133 e. The minimum atomic E-state index is 0.714. The summed E-state index contributed by atoms with van der Waals surface area (Å²) in [7, 11) is 0. The molecule has 0 atom stereocenters. The molecule has 3 aromatic heterocycles. The summed E-state index contributed by atoms with van der Waals surface area (Å²) in [6.45, 7) is 4.88. The Morgan fingerprint density at radius 1 is 1.10 bits per heavy atom. The van der Waals surface area contributed by atoms with E-state index in [0.29, 0.717) is 6.42 Å². The van der Waals surface area contributed by atoms with Gasteiger partial charge in [0.2, 0.25) is 0 Å². The van der Waals surface area contributed by atoms with E-state index in [2.05, 4.69) is 46.6 Å². The van der Waals surface area contributed by atoms with Gasteiger partial charge in [0.15, 0.2) is 0 Å². The maximum Gasteiger partial charge on any atom is 0.133 e. The summed E-state index contributed by atoms with van der Waals surface area (Å²) in [4.78, 5) is 13.7. The summed E-state index contributed by atoms with van der Waals surface area (Å²) in [6, 6.07) is 12.7. The standard InChI is InChI=1S/C24H24N6/c1-2-30-16-21(24(29-30)19-4-3-9-25-14-19)22-8-11-27-23(28-22)13-17-5-6-18-7-10-26-15-20(18)12-17/h3-6,8-9,11-12,14,16,26H,2,7,10,13,15H2,1H3. The summed E-state index contributed by atoms with van der Waals surface area (Å²) >= 11 is 0. The fraction of sp³-hybridized carbons (Fsp3) is 0.250. The topological polar surface area (TPSA) is 68.5 Å². The number of pyridine rings is 1. The molecule has 0 bridgehead atoms. The molecule has 0 radical (unpaired) electrons. The van der Waals surface area contributed by atoms with Crippen molar-refractivity contribution in [3.63, 3.8) is 0 Å². The molecule has 6 heteroatoms. The first-order valence-electron chi connectivity index (χ1n) is 10.4. The van der Waals surface area contributed by atoms with Gasteiger partial charge in [0.25, 0.3) is 0 Å². The zero-order valence-corrected chi connectivity index (χ0v) is 17.0. The molecule has 0 saturated heterocycles. The molecule has 0 aliphatic carbocycles. The van der Waals surface area contributed by atoms with Crippen molar-refractivity contribution >= 4 is 0 Å². The van der Waals surface area contributed by atoms with Gasteiger partial charge < -0.3 is 5.32 Å². The molecule has 0 unspecified atom stereocenters. The van der Waals surface area contributed by atoms with Crippen LogP contribution < -0.4 is 5.32 Å². The highest BCUT2D eigenvalue weighted by atomic mass is 15.3. The van der Waals surface area contributed by atoms with E-state index in [0.717, 1.165) is 54.4 Å². The van der Waals surface area contributed by atoms with Gasteiger partial charge in [-0.15, -0.1) is 0 Å². The van der Waals surface area contributed by atoms with Crippen LogP contribution >= 0.6 is 0 Å². The van der Waals surface area contributed by atoms with Crippen LogP contribution in [-0.2, 0) is 25.9 Å². The molecule has 0 saturated carbocycles. The van der Waals surface area contributed by atoms with Crippen molar-refractivity contribution in [1.29, 1.82) is 0 Å². The normalized spacial score (nSPS) is 13.2. The van der Waals surface area contributed by atoms with Crippen molar-refractivity contribution in [2.45, 2.75) is 32.9 Å². The van der Waals surface area contributed by atoms with E-state index >= 15 is 0 Å². The van der Waals surface area contributed by atoms with Crippen LogP contribution in [0.4, 0.5) is 0 Å². The Morgan fingerprint density at radius 3 is 2.93 bits per heavy atom. The molecule has 1 N–H and O–H groups in total. The van der Waals surface area contributed by atoms with Gasteiger partial charge in [0.05, 0.1) is 5.69 Å². The van der Waals surface area contributed by atoms with Crippen LogP contribution in [0, 0.1) is 0 Å². The number of fused-ring (bicyclic) bond motifs is 1. The molecule has 1 aliphatic heterocycles. The Morgan fingerprint density at radius 2 is 2.07 bits per heavy atom. The highest BCUT2D eigenvalue weighted by molar-refractivity contribution is 5.78. The molecular weight excluding hydrogens is 372 g/mol. The maximum atomic E-state index is 4.88. The highest BCUT2D eigenvalue weighted by Gasteiger charge is 2.15. The van der Waals surface area contributed by atoms with Crippen LogP contribution in [0.15, 0.2) is 61.2 Å². The molecule has 5 rings (SSSR count). The van der Waals surface area contributed by atoms with E-state index < -0.39 is 0 Å². The molecule has 0 amide bonds. The Balaban J connectivity index is 1.48. The molecular formula is C24H24N6. The van der Waals surface area contributed by atoms with Gasteiger partial charge in [-0.05, 0) is 54.8 Å². The number of nitrogens with one attached hydrogen (secondary N) is 1. The van der Waals surface area contributed by atoms with E-state index in [1.807, 2.05) is 35.3 Å². The quantitative estimate of drug-likeness (QED) is 0.558. The highest BCUT2D eigenvalue weighted by Crippen LogP contribution is 2.29. The number of hydrogen-bond acceptors (Lipinski definition) is 5. The molecule has 150 valence electrons. The SMILES string of the molecule is CCn1cc(-c2ccnc(Cc3ccc4c(c3)CNCC4)n2)c(-c2cccnc2)n1. The lowest BCUT2D eigenvalue weighted by Gasteiger charge is -2.17. The lowest BCUT2D eigenvalue weighted by Crippen LogP contribution is -2.23. The second kappa shape index (κ2) is 8.16. The number of aryl methyl sites for hydroxylation is 1. The van der Waals surface area contributed by atoms with E-state index in [1.165, 1.54) is 16.7 Å². The Kier molecular flexibility index (Phi) is 5.07. The minimum absolute atomic E-state index is 0.714. The first-order valence-corrected chi connectivity index (χ1v) is 10.4. The average Bonchev–Trinajstić information content (AvgIpc) is 3.25. The van der Waals surface area contributed by atoms with Crippen LogP contribution in [0.5, 0.6) is 0 Å². The third kappa shape index (κ3) is 3.74. The monoisotopic (exact) mass is 396 g/mol. The number of rotatable bonds is 5. The predicted molar refractivity (Wildman–Crippen MR) is 117 cm³/mol. The van der Waals surface area contributed by atoms with Gasteiger partial charge in [-0.3, -0.25) is 9.67 Å². The van der Waals surface area contributed by atoms with E-state index in [-0.39, 0.29) is 0 Å². The second-order valence-corrected chi connectivity index (χ2v) is 7.55. The molecule has 30 heavy (non-hydrogen) atoms. The van der Waals surface area contributed by atoms with Crippen LogP contribution in [0.3, 0.4) is 0 Å². The molecule has 1 aromatic carbocycles. The van der Waals surface area contributed by atoms with Gasteiger partial charge >= 0.3 is 0 Å². The molecule has 0 fully saturated rings. The van der Waals surface area contributed by atoms with E-state index in [1.54, 1.807) is 6.20 Å². The lowest BCUT2D eigenvalue weighted by atomic mass is 9.97. The Bertz CT molecular complexity index is 1170. The summed E-state index contributed by atoms with van der Waals surface area (Å²) in [5, 5.41) is 8.19. The van der Waals surface area contributed by atoms with Crippen LogP contribution in [0.1, 0.15) is 29.4 Å². The largest absolute Gasteiger partial charge is 0.312 e. The molecule has 1 aliphatic rings. The summed E-state index contributed by atoms with van der Waals surface area (Å²) in [5.74, 6) is 0.817.